The number of benzene rings is 1. The predicted octanol–water partition coefficient (Wildman–Crippen LogP) is 1.41. The summed E-state index contributed by atoms with van der Waals surface area (Å²) in [6, 6.07) is 4.86. The van der Waals surface area contributed by atoms with Crippen LogP contribution < -0.4 is 9.46 Å². The van der Waals surface area contributed by atoms with Crippen LogP contribution in [-0.2, 0) is 10.0 Å². The standard InChI is InChI=1S/C11H13NO4S/c1-17(14,15)12-11-8(7-13)3-2-4-10(11)16-9-5-6-9/h2-4,7,9,12H,5-6H2,1H3. The van der Waals surface area contributed by atoms with Crippen molar-refractivity contribution in [3.05, 3.63) is 23.8 Å². The molecule has 0 aliphatic heterocycles. The molecule has 0 spiro atoms. The number of nitrogens with one attached hydrogen (secondary N) is 1. The van der Waals surface area contributed by atoms with Gasteiger partial charge in [0.15, 0.2) is 6.29 Å². The van der Waals surface area contributed by atoms with Crippen LogP contribution in [-0.4, -0.2) is 27.1 Å². The summed E-state index contributed by atoms with van der Waals surface area (Å²) in [4.78, 5) is 10.9. The van der Waals surface area contributed by atoms with Crippen molar-refractivity contribution >= 4 is 22.0 Å². The molecule has 0 atom stereocenters. The van der Waals surface area contributed by atoms with Crippen molar-refractivity contribution in [2.24, 2.45) is 0 Å². The molecule has 17 heavy (non-hydrogen) atoms. The van der Waals surface area contributed by atoms with Crippen LogP contribution in [0.1, 0.15) is 23.2 Å². The highest BCUT2D eigenvalue weighted by Crippen LogP contribution is 2.34. The number of carbonyl (C=O) groups excluding carboxylic acids is 1. The van der Waals surface area contributed by atoms with Gasteiger partial charge in [-0.15, -0.1) is 0 Å². The van der Waals surface area contributed by atoms with E-state index in [4.69, 9.17) is 4.74 Å². The minimum Gasteiger partial charge on any atom is -0.488 e. The maximum atomic E-state index is 11.2. The van der Waals surface area contributed by atoms with Gasteiger partial charge in [-0.2, -0.15) is 0 Å². The molecule has 0 unspecified atom stereocenters. The van der Waals surface area contributed by atoms with E-state index in [1.807, 2.05) is 0 Å². The second-order valence-corrected chi connectivity index (χ2v) is 5.78. The normalized spacial score (nSPS) is 15.4. The number of carbonyl (C=O) groups is 1. The molecule has 5 nitrogen and oxygen atoms in total. The SMILES string of the molecule is CS(=O)(=O)Nc1c(C=O)cccc1OC1CC1. The molecular weight excluding hydrogens is 242 g/mol. The number of anilines is 1. The molecule has 2 rings (SSSR count). The quantitative estimate of drug-likeness (QED) is 0.807. The fourth-order valence-electron chi connectivity index (χ4n) is 1.40. The van der Waals surface area contributed by atoms with E-state index < -0.39 is 10.0 Å². The summed E-state index contributed by atoms with van der Waals surface area (Å²) < 4.78 is 30.4. The van der Waals surface area contributed by atoms with Gasteiger partial charge in [0.1, 0.15) is 11.4 Å². The Morgan fingerprint density at radius 2 is 2.12 bits per heavy atom. The Morgan fingerprint density at radius 1 is 1.41 bits per heavy atom. The molecule has 1 aromatic carbocycles. The molecule has 6 heteroatoms. The monoisotopic (exact) mass is 255 g/mol. The minimum atomic E-state index is -3.44. The smallest absolute Gasteiger partial charge is 0.229 e. The van der Waals surface area contributed by atoms with Crippen LogP contribution in [0.25, 0.3) is 0 Å². The molecule has 1 aliphatic carbocycles. The minimum absolute atomic E-state index is 0.136. The van der Waals surface area contributed by atoms with Crippen LogP contribution >= 0.6 is 0 Å². The molecular formula is C11H13NO4S. The zero-order chi connectivity index (χ0) is 12.5. The van der Waals surface area contributed by atoms with Gasteiger partial charge < -0.3 is 4.74 Å². The van der Waals surface area contributed by atoms with Gasteiger partial charge in [0, 0.05) is 5.56 Å². The molecule has 0 saturated heterocycles. The summed E-state index contributed by atoms with van der Waals surface area (Å²) in [5.41, 5.74) is 0.491. The third-order valence-electron chi connectivity index (χ3n) is 2.29. The van der Waals surface area contributed by atoms with Gasteiger partial charge in [-0.1, -0.05) is 6.07 Å². The molecule has 1 N–H and O–H groups in total. The van der Waals surface area contributed by atoms with Gasteiger partial charge >= 0.3 is 0 Å². The Balaban J connectivity index is 2.38. The number of rotatable bonds is 5. The van der Waals surface area contributed by atoms with Crippen molar-refractivity contribution in [3.8, 4) is 5.75 Å². The largest absolute Gasteiger partial charge is 0.488 e. The van der Waals surface area contributed by atoms with Crippen LogP contribution in [0.15, 0.2) is 18.2 Å². The molecule has 1 aromatic rings. The average molecular weight is 255 g/mol. The van der Waals surface area contributed by atoms with E-state index in [1.54, 1.807) is 18.2 Å². The maximum absolute atomic E-state index is 11.2. The number of sulfonamides is 1. The average Bonchev–Trinajstić information content (AvgIpc) is 3.02. The summed E-state index contributed by atoms with van der Waals surface area (Å²) >= 11 is 0. The highest BCUT2D eigenvalue weighted by Gasteiger charge is 2.25. The first-order chi connectivity index (χ1) is 7.99. The van der Waals surface area contributed by atoms with Gasteiger partial charge in [0.2, 0.25) is 10.0 Å². The second kappa shape index (κ2) is 4.37. The Kier molecular flexibility index (Phi) is 3.06. The number of hydrogen-bond acceptors (Lipinski definition) is 4. The number of hydrogen-bond donors (Lipinski definition) is 1. The molecule has 1 fully saturated rings. The Hall–Kier alpha value is -1.56. The summed E-state index contributed by atoms with van der Waals surface area (Å²) in [6.07, 6.45) is 3.70. The Labute approximate surface area is 99.8 Å². The molecule has 0 aromatic heterocycles. The Bertz CT molecular complexity index is 534. The lowest BCUT2D eigenvalue weighted by Crippen LogP contribution is -2.13. The van der Waals surface area contributed by atoms with E-state index in [-0.39, 0.29) is 17.4 Å². The third-order valence-corrected chi connectivity index (χ3v) is 2.87. The van der Waals surface area contributed by atoms with Crippen molar-refractivity contribution in [2.45, 2.75) is 18.9 Å². The summed E-state index contributed by atoms with van der Waals surface area (Å²) in [6.45, 7) is 0. The summed E-state index contributed by atoms with van der Waals surface area (Å²) in [7, 11) is -3.44. The predicted molar refractivity (Wildman–Crippen MR) is 63.9 cm³/mol. The van der Waals surface area contributed by atoms with Gasteiger partial charge in [-0.05, 0) is 25.0 Å². The molecule has 0 radical (unpaired) electrons. The topological polar surface area (TPSA) is 72.5 Å². The zero-order valence-corrected chi connectivity index (χ0v) is 10.2. The van der Waals surface area contributed by atoms with E-state index in [9.17, 15) is 13.2 Å². The maximum Gasteiger partial charge on any atom is 0.229 e. The van der Waals surface area contributed by atoms with Crippen LogP contribution in [0.2, 0.25) is 0 Å². The van der Waals surface area contributed by atoms with E-state index in [0.717, 1.165) is 19.1 Å². The van der Waals surface area contributed by atoms with Crippen LogP contribution in [0.3, 0.4) is 0 Å². The number of ether oxygens (including phenoxy) is 1. The molecule has 0 bridgehead atoms. The van der Waals surface area contributed by atoms with Gasteiger partial charge in [0.25, 0.3) is 0 Å². The first-order valence-corrected chi connectivity index (χ1v) is 7.11. The van der Waals surface area contributed by atoms with Gasteiger partial charge in [-0.25, -0.2) is 8.42 Å². The molecule has 1 aliphatic rings. The van der Waals surface area contributed by atoms with Crippen LogP contribution in [0, 0.1) is 0 Å². The third kappa shape index (κ3) is 3.20. The fourth-order valence-corrected chi connectivity index (χ4v) is 1.99. The van der Waals surface area contributed by atoms with Crippen molar-refractivity contribution in [3.63, 3.8) is 0 Å². The van der Waals surface area contributed by atoms with E-state index >= 15 is 0 Å². The number of aldehydes is 1. The van der Waals surface area contributed by atoms with E-state index in [0.29, 0.717) is 12.0 Å². The van der Waals surface area contributed by atoms with Crippen LogP contribution in [0.4, 0.5) is 5.69 Å². The van der Waals surface area contributed by atoms with E-state index in [1.165, 1.54) is 0 Å². The highest BCUT2D eigenvalue weighted by molar-refractivity contribution is 7.92. The zero-order valence-electron chi connectivity index (χ0n) is 9.34. The first-order valence-electron chi connectivity index (χ1n) is 5.22. The van der Waals surface area contributed by atoms with Crippen molar-refractivity contribution < 1.29 is 17.9 Å². The van der Waals surface area contributed by atoms with Crippen molar-refractivity contribution in [1.29, 1.82) is 0 Å². The lowest BCUT2D eigenvalue weighted by atomic mass is 10.2. The molecule has 1 saturated carbocycles. The number of para-hydroxylation sites is 1. The summed E-state index contributed by atoms with van der Waals surface area (Å²) in [5, 5.41) is 0. The highest BCUT2D eigenvalue weighted by atomic mass is 32.2. The Morgan fingerprint density at radius 3 is 2.65 bits per heavy atom. The van der Waals surface area contributed by atoms with Gasteiger partial charge in [-0.3, -0.25) is 9.52 Å². The van der Waals surface area contributed by atoms with E-state index in [2.05, 4.69) is 4.72 Å². The lowest BCUT2D eigenvalue weighted by molar-refractivity contribution is 0.112. The summed E-state index contributed by atoms with van der Waals surface area (Å²) in [5.74, 6) is 0.405. The molecule has 92 valence electrons. The lowest BCUT2D eigenvalue weighted by Gasteiger charge is -2.13. The second-order valence-electron chi connectivity index (χ2n) is 4.03. The van der Waals surface area contributed by atoms with Crippen molar-refractivity contribution in [2.75, 3.05) is 11.0 Å². The van der Waals surface area contributed by atoms with Crippen LogP contribution in [0.5, 0.6) is 5.75 Å². The molecule has 0 heterocycles. The fraction of sp³-hybridized carbons (Fsp3) is 0.364. The van der Waals surface area contributed by atoms with Gasteiger partial charge in [0.05, 0.1) is 12.4 Å². The first kappa shape index (κ1) is 11.9. The molecule has 0 amide bonds. The van der Waals surface area contributed by atoms with Crippen molar-refractivity contribution in [1.82, 2.24) is 0 Å².